The highest BCUT2D eigenvalue weighted by molar-refractivity contribution is 5.94. The van der Waals surface area contributed by atoms with Crippen molar-refractivity contribution >= 4 is 11.7 Å². The summed E-state index contributed by atoms with van der Waals surface area (Å²) in [6, 6.07) is 13.3. The van der Waals surface area contributed by atoms with Gasteiger partial charge in [0, 0.05) is 12.0 Å². The first-order valence-corrected chi connectivity index (χ1v) is 10.6. The second kappa shape index (κ2) is 8.76. The van der Waals surface area contributed by atoms with Gasteiger partial charge in [-0.05, 0) is 62.0 Å². The number of nitrogens with two attached hydrogens (primary N) is 1. The van der Waals surface area contributed by atoms with E-state index >= 15 is 0 Å². The minimum Gasteiger partial charge on any atom is -0.477 e. The van der Waals surface area contributed by atoms with E-state index in [1.807, 2.05) is 42.5 Å². The van der Waals surface area contributed by atoms with Crippen molar-refractivity contribution in [2.75, 3.05) is 6.61 Å². The molecule has 2 aromatic rings. The quantitative estimate of drug-likeness (QED) is 0.576. The standard InChI is InChI=1S/C24H28N2O3/c25-23(28)19(17-5-2-1-3-6-17)7-4-8-22(27)21-14-13-20(18-11-12-18)24(26-21)29-15-16-9-10-16/h1-3,5-6,13-14,16,18-19H,4,7-12,15H2,(H2,25,28). The molecule has 1 aromatic carbocycles. The molecule has 152 valence electrons. The summed E-state index contributed by atoms with van der Waals surface area (Å²) >= 11 is 0. The van der Waals surface area contributed by atoms with Crippen LogP contribution in [0.15, 0.2) is 42.5 Å². The Hall–Kier alpha value is -2.69. The Morgan fingerprint density at radius 2 is 1.83 bits per heavy atom. The fourth-order valence-corrected chi connectivity index (χ4v) is 3.66. The molecular formula is C24H28N2O3. The number of hydrogen-bond donors (Lipinski definition) is 1. The maximum Gasteiger partial charge on any atom is 0.224 e. The first-order chi connectivity index (χ1) is 14.1. The van der Waals surface area contributed by atoms with E-state index in [1.165, 1.54) is 25.7 Å². The molecule has 2 aliphatic carbocycles. The Bertz CT molecular complexity index is 873. The SMILES string of the molecule is NC(=O)C(CCCC(=O)c1ccc(C2CC2)c(OCC2CC2)n1)c1ccccc1. The number of nitrogens with zero attached hydrogens (tertiary/aromatic N) is 1. The number of amides is 1. The molecule has 2 aliphatic rings. The van der Waals surface area contributed by atoms with Gasteiger partial charge in [-0.2, -0.15) is 0 Å². The number of aromatic nitrogens is 1. The van der Waals surface area contributed by atoms with Crippen LogP contribution in [-0.2, 0) is 4.79 Å². The lowest BCUT2D eigenvalue weighted by Crippen LogP contribution is -2.21. The van der Waals surface area contributed by atoms with Gasteiger partial charge in [-0.25, -0.2) is 4.98 Å². The lowest BCUT2D eigenvalue weighted by molar-refractivity contribution is -0.119. The molecule has 1 amide bonds. The minimum absolute atomic E-state index is 0.0140. The lowest BCUT2D eigenvalue weighted by Gasteiger charge is -2.14. The van der Waals surface area contributed by atoms with Crippen LogP contribution in [0, 0.1) is 5.92 Å². The molecule has 0 bridgehead atoms. The van der Waals surface area contributed by atoms with Crippen molar-refractivity contribution in [2.24, 2.45) is 11.7 Å². The molecular weight excluding hydrogens is 364 g/mol. The number of hydrogen-bond acceptors (Lipinski definition) is 4. The highest BCUT2D eigenvalue weighted by Gasteiger charge is 2.30. The number of carbonyl (C=O) groups is 2. The summed E-state index contributed by atoms with van der Waals surface area (Å²) in [6.07, 6.45) is 6.27. The monoisotopic (exact) mass is 392 g/mol. The molecule has 1 atom stereocenters. The summed E-state index contributed by atoms with van der Waals surface area (Å²) < 4.78 is 5.96. The van der Waals surface area contributed by atoms with Gasteiger partial charge >= 0.3 is 0 Å². The van der Waals surface area contributed by atoms with Crippen molar-refractivity contribution in [1.82, 2.24) is 4.98 Å². The maximum absolute atomic E-state index is 12.7. The first kappa shape index (κ1) is 19.6. The van der Waals surface area contributed by atoms with Gasteiger partial charge in [-0.1, -0.05) is 36.4 Å². The first-order valence-electron chi connectivity index (χ1n) is 10.6. The van der Waals surface area contributed by atoms with E-state index in [0.717, 1.165) is 11.1 Å². The third-order valence-corrected chi connectivity index (χ3v) is 5.79. The Kier molecular flexibility index (Phi) is 5.93. The van der Waals surface area contributed by atoms with Gasteiger partial charge in [0.15, 0.2) is 5.78 Å². The van der Waals surface area contributed by atoms with Crippen LogP contribution >= 0.6 is 0 Å². The lowest BCUT2D eigenvalue weighted by atomic mass is 9.92. The zero-order chi connectivity index (χ0) is 20.2. The average Bonchev–Trinajstić information content (AvgIpc) is 3.64. The van der Waals surface area contributed by atoms with Crippen LogP contribution in [0.2, 0.25) is 0 Å². The van der Waals surface area contributed by atoms with E-state index in [1.54, 1.807) is 0 Å². The van der Waals surface area contributed by atoms with Gasteiger partial charge in [0.05, 0.1) is 12.5 Å². The van der Waals surface area contributed by atoms with Gasteiger partial charge in [0.2, 0.25) is 11.8 Å². The number of benzene rings is 1. The van der Waals surface area contributed by atoms with E-state index < -0.39 is 0 Å². The predicted octanol–water partition coefficient (Wildman–Crippen LogP) is 4.37. The molecule has 2 saturated carbocycles. The molecule has 1 aromatic heterocycles. The fourth-order valence-electron chi connectivity index (χ4n) is 3.66. The molecule has 2 N–H and O–H groups in total. The van der Waals surface area contributed by atoms with Crippen molar-refractivity contribution in [2.45, 2.75) is 56.8 Å². The Morgan fingerprint density at radius 3 is 2.48 bits per heavy atom. The van der Waals surface area contributed by atoms with E-state index in [-0.39, 0.29) is 17.6 Å². The molecule has 1 heterocycles. The van der Waals surface area contributed by atoms with Gasteiger partial charge in [0.1, 0.15) is 5.69 Å². The molecule has 1 unspecified atom stereocenters. The van der Waals surface area contributed by atoms with Crippen LogP contribution in [-0.4, -0.2) is 23.3 Å². The van der Waals surface area contributed by atoms with Gasteiger partial charge in [-0.15, -0.1) is 0 Å². The van der Waals surface area contributed by atoms with Crippen molar-refractivity contribution in [3.63, 3.8) is 0 Å². The number of pyridine rings is 1. The van der Waals surface area contributed by atoms with Crippen LogP contribution in [0.1, 0.15) is 78.4 Å². The zero-order valence-corrected chi connectivity index (χ0v) is 16.7. The van der Waals surface area contributed by atoms with Crippen molar-refractivity contribution in [3.05, 3.63) is 59.3 Å². The third-order valence-electron chi connectivity index (χ3n) is 5.79. The molecule has 0 spiro atoms. The minimum atomic E-state index is -0.369. The normalized spacial score (nSPS) is 17.0. The second-order valence-corrected chi connectivity index (χ2v) is 8.30. The number of carbonyl (C=O) groups excluding carboxylic acids is 2. The number of Topliss-reactive ketones (excluding diaryl/α,β-unsaturated/α-hetero) is 1. The average molecular weight is 392 g/mol. The number of ketones is 1. The Morgan fingerprint density at radius 1 is 1.07 bits per heavy atom. The topological polar surface area (TPSA) is 82.3 Å². The summed E-state index contributed by atoms with van der Waals surface area (Å²) in [6.45, 7) is 0.696. The fraction of sp³-hybridized carbons (Fsp3) is 0.458. The van der Waals surface area contributed by atoms with Gasteiger partial charge in [-0.3, -0.25) is 9.59 Å². The molecule has 5 nitrogen and oxygen atoms in total. The summed E-state index contributed by atoms with van der Waals surface area (Å²) in [5, 5.41) is 0. The molecule has 0 aliphatic heterocycles. The van der Waals surface area contributed by atoms with E-state index in [0.29, 0.717) is 49.3 Å². The van der Waals surface area contributed by atoms with Crippen LogP contribution in [0.3, 0.4) is 0 Å². The molecule has 0 radical (unpaired) electrons. The number of primary amides is 1. The van der Waals surface area contributed by atoms with Crippen LogP contribution in [0.4, 0.5) is 0 Å². The summed E-state index contributed by atoms with van der Waals surface area (Å²) in [4.78, 5) is 29.1. The maximum atomic E-state index is 12.7. The van der Waals surface area contributed by atoms with Crippen molar-refractivity contribution < 1.29 is 14.3 Å². The molecule has 29 heavy (non-hydrogen) atoms. The number of ether oxygens (including phenoxy) is 1. The molecule has 2 fully saturated rings. The number of rotatable bonds is 11. The third kappa shape index (κ3) is 5.22. The largest absolute Gasteiger partial charge is 0.477 e. The second-order valence-electron chi connectivity index (χ2n) is 8.30. The zero-order valence-electron chi connectivity index (χ0n) is 16.7. The van der Waals surface area contributed by atoms with Crippen molar-refractivity contribution in [3.8, 4) is 5.88 Å². The van der Waals surface area contributed by atoms with Gasteiger partial charge in [0.25, 0.3) is 0 Å². The molecule has 5 heteroatoms. The smallest absolute Gasteiger partial charge is 0.224 e. The van der Waals surface area contributed by atoms with Gasteiger partial charge < -0.3 is 10.5 Å². The van der Waals surface area contributed by atoms with E-state index in [2.05, 4.69) is 4.98 Å². The predicted molar refractivity (Wildman–Crippen MR) is 111 cm³/mol. The molecule has 4 rings (SSSR count). The highest BCUT2D eigenvalue weighted by atomic mass is 16.5. The van der Waals surface area contributed by atoms with Crippen molar-refractivity contribution in [1.29, 1.82) is 0 Å². The summed E-state index contributed by atoms with van der Waals surface area (Å²) in [7, 11) is 0. The highest BCUT2D eigenvalue weighted by Crippen LogP contribution is 2.44. The Labute approximate surface area is 171 Å². The summed E-state index contributed by atoms with van der Waals surface area (Å²) in [5.41, 5.74) is 8.07. The van der Waals surface area contributed by atoms with Crippen LogP contribution in [0.5, 0.6) is 5.88 Å². The van der Waals surface area contributed by atoms with Crippen LogP contribution < -0.4 is 10.5 Å². The Balaban J connectivity index is 1.37. The molecule has 0 saturated heterocycles. The van der Waals surface area contributed by atoms with E-state index in [9.17, 15) is 9.59 Å². The van der Waals surface area contributed by atoms with E-state index in [4.69, 9.17) is 10.5 Å². The van der Waals surface area contributed by atoms with Crippen LogP contribution in [0.25, 0.3) is 0 Å². The summed E-state index contributed by atoms with van der Waals surface area (Å²) in [5.74, 6) is 1.08.